The maximum Gasteiger partial charge on any atom is 0.339 e. The van der Waals surface area contributed by atoms with Crippen molar-refractivity contribution in [1.29, 1.82) is 0 Å². The van der Waals surface area contributed by atoms with Gasteiger partial charge in [0.2, 0.25) is 0 Å². The van der Waals surface area contributed by atoms with Crippen LogP contribution in [0, 0.1) is 0 Å². The van der Waals surface area contributed by atoms with E-state index in [4.69, 9.17) is 9.52 Å². The molecular weight excluding hydrogens is 254 g/mol. The van der Waals surface area contributed by atoms with Gasteiger partial charge in [0, 0.05) is 6.04 Å². The number of aromatic carboxylic acids is 1. The summed E-state index contributed by atoms with van der Waals surface area (Å²) in [4.78, 5) is 11.0. The molecule has 0 bridgehead atoms. The third-order valence-corrected chi connectivity index (χ3v) is 3.43. The maximum atomic E-state index is 11.0. The molecule has 1 unspecified atom stereocenters. The minimum Gasteiger partial charge on any atom is -0.478 e. The summed E-state index contributed by atoms with van der Waals surface area (Å²) in [6.07, 6.45) is 2.43. The van der Waals surface area contributed by atoms with Crippen LogP contribution in [0.15, 0.2) is 41.0 Å². The van der Waals surface area contributed by atoms with Gasteiger partial charge in [0.25, 0.3) is 0 Å². The predicted molar refractivity (Wildman–Crippen MR) is 76.7 cm³/mol. The molecule has 0 aliphatic rings. The maximum absolute atomic E-state index is 11.0. The van der Waals surface area contributed by atoms with E-state index in [1.54, 1.807) is 0 Å². The lowest BCUT2D eigenvalue weighted by molar-refractivity contribution is 0.0694. The first-order valence-corrected chi connectivity index (χ1v) is 6.73. The van der Waals surface area contributed by atoms with Crippen LogP contribution in [0.4, 0.5) is 0 Å². The van der Waals surface area contributed by atoms with Crippen molar-refractivity contribution in [3.63, 3.8) is 0 Å². The molecule has 0 saturated carbocycles. The fraction of sp³-hybridized carbons (Fsp3) is 0.312. The van der Waals surface area contributed by atoms with Crippen LogP contribution in [0.1, 0.15) is 47.1 Å². The van der Waals surface area contributed by atoms with Gasteiger partial charge < -0.3 is 14.8 Å². The Hall–Kier alpha value is -2.07. The Morgan fingerprint density at radius 3 is 2.60 bits per heavy atom. The second-order valence-corrected chi connectivity index (χ2v) is 4.76. The smallest absolute Gasteiger partial charge is 0.339 e. The lowest BCUT2D eigenvalue weighted by atomic mass is 10.0. The average Bonchev–Trinajstić information content (AvgIpc) is 2.93. The van der Waals surface area contributed by atoms with E-state index in [-0.39, 0.29) is 11.6 Å². The number of hydrogen-bond acceptors (Lipinski definition) is 3. The minimum absolute atomic E-state index is 0.132. The highest BCUT2D eigenvalue weighted by molar-refractivity contribution is 5.88. The fourth-order valence-electron chi connectivity index (χ4n) is 2.07. The molecule has 2 aromatic rings. The van der Waals surface area contributed by atoms with Crippen molar-refractivity contribution in [1.82, 2.24) is 5.32 Å². The van der Waals surface area contributed by atoms with Gasteiger partial charge in [-0.1, -0.05) is 31.2 Å². The SMILES string of the molecule is CCc1ccc(C(C)NCc2occc2C(=O)O)cc1. The summed E-state index contributed by atoms with van der Waals surface area (Å²) in [7, 11) is 0. The third kappa shape index (κ3) is 3.27. The normalized spacial score (nSPS) is 12.3. The highest BCUT2D eigenvalue weighted by Gasteiger charge is 2.14. The van der Waals surface area contributed by atoms with E-state index in [1.807, 2.05) is 6.92 Å². The zero-order chi connectivity index (χ0) is 14.5. The van der Waals surface area contributed by atoms with E-state index in [0.717, 1.165) is 6.42 Å². The highest BCUT2D eigenvalue weighted by Crippen LogP contribution is 2.16. The van der Waals surface area contributed by atoms with E-state index in [9.17, 15) is 4.79 Å². The lowest BCUT2D eigenvalue weighted by Crippen LogP contribution is -2.19. The molecule has 20 heavy (non-hydrogen) atoms. The zero-order valence-electron chi connectivity index (χ0n) is 11.7. The fourth-order valence-corrected chi connectivity index (χ4v) is 2.07. The number of carbonyl (C=O) groups is 1. The Kier molecular flexibility index (Phi) is 4.58. The number of carboxylic acids is 1. The Morgan fingerprint density at radius 2 is 2.00 bits per heavy atom. The molecular formula is C16H19NO3. The Balaban J connectivity index is 1.99. The second-order valence-electron chi connectivity index (χ2n) is 4.76. The Bertz CT molecular complexity index is 572. The van der Waals surface area contributed by atoms with Crippen LogP contribution in [0.25, 0.3) is 0 Å². The molecule has 1 aromatic heterocycles. The standard InChI is InChI=1S/C16H19NO3/c1-3-12-4-6-13(7-5-12)11(2)17-10-15-14(16(18)19)8-9-20-15/h4-9,11,17H,3,10H2,1-2H3,(H,18,19). The molecule has 4 nitrogen and oxygen atoms in total. The molecule has 1 atom stereocenters. The van der Waals surface area contributed by atoms with E-state index in [1.165, 1.54) is 23.5 Å². The van der Waals surface area contributed by atoms with E-state index >= 15 is 0 Å². The molecule has 0 fully saturated rings. The van der Waals surface area contributed by atoms with Gasteiger partial charge in [-0.2, -0.15) is 0 Å². The van der Waals surface area contributed by atoms with Gasteiger partial charge in [0.15, 0.2) is 0 Å². The molecule has 0 aliphatic carbocycles. The molecule has 2 rings (SSSR count). The van der Waals surface area contributed by atoms with Gasteiger partial charge in [0.05, 0.1) is 12.8 Å². The van der Waals surface area contributed by atoms with Gasteiger partial charge in [-0.25, -0.2) is 4.79 Å². The summed E-state index contributed by atoms with van der Waals surface area (Å²) in [6, 6.07) is 10.0. The highest BCUT2D eigenvalue weighted by atomic mass is 16.4. The third-order valence-electron chi connectivity index (χ3n) is 3.43. The molecule has 1 aromatic carbocycles. The molecule has 2 N–H and O–H groups in total. The first-order valence-electron chi connectivity index (χ1n) is 6.73. The van der Waals surface area contributed by atoms with Crippen LogP contribution in [0.2, 0.25) is 0 Å². The van der Waals surface area contributed by atoms with Crippen molar-refractivity contribution in [2.45, 2.75) is 32.9 Å². The summed E-state index contributed by atoms with van der Waals surface area (Å²) >= 11 is 0. The van der Waals surface area contributed by atoms with Crippen LogP contribution in [-0.4, -0.2) is 11.1 Å². The Labute approximate surface area is 118 Å². The van der Waals surface area contributed by atoms with Gasteiger partial charge >= 0.3 is 5.97 Å². The van der Waals surface area contributed by atoms with Crippen LogP contribution < -0.4 is 5.32 Å². The van der Waals surface area contributed by atoms with E-state index in [2.05, 4.69) is 36.5 Å². The van der Waals surface area contributed by atoms with Crippen LogP contribution in [0.3, 0.4) is 0 Å². The first kappa shape index (κ1) is 14.3. The molecule has 0 saturated heterocycles. The molecule has 0 spiro atoms. The van der Waals surface area contributed by atoms with Gasteiger partial charge in [0.1, 0.15) is 11.3 Å². The van der Waals surface area contributed by atoms with Crippen molar-refractivity contribution >= 4 is 5.97 Å². The van der Waals surface area contributed by atoms with E-state index < -0.39 is 5.97 Å². The number of benzene rings is 1. The second kappa shape index (κ2) is 6.39. The quantitative estimate of drug-likeness (QED) is 0.846. The lowest BCUT2D eigenvalue weighted by Gasteiger charge is -2.14. The minimum atomic E-state index is -0.962. The summed E-state index contributed by atoms with van der Waals surface area (Å²) in [5, 5.41) is 12.3. The Morgan fingerprint density at radius 1 is 1.30 bits per heavy atom. The summed E-state index contributed by atoms with van der Waals surface area (Å²) in [6.45, 7) is 4.57. The van der Waals surface area contributed by atoms with Gasteiger partial charge in [-0.15, -0.1) is 0 Å². The number of aryl methyl sites for hydroxylation is 1. The van der Waals surface area contributed by atoms with Gasteiger partial charge in [-0.05, 0) is 30.5 Å². The zero-order valence-corrected chi connectivity index (χ0v) is 11.7. The monoisotopic (exact) mass is 273 g/mol. The summed E-state index contributed by atoms with van der Waals surface area (Å²) in [5.41, 5.74) is 2.69. The van der Waals surface area contributed by atoms with Gasteiger partial charge in [-0.3, -0.25) is 0 Å². The van der Waals surface area contributed by atoms with Crippen molar-refractivity contribution < 1.29 is 14.3 Å². The van der Waals surface area contributed by atoms with E-state index in [0.29, 0.717) is 12.3 Å². The molecule has 0 radical (unpaired) electrons. The molecule has 4 heteroatoms. The average molecular weight is 273 g/mol. The molecule has 106 valence electrons. The van der Waals surface area contributed by atoms with Crippen molar-refractivity contribution in [2.24, 2.45) is 0 Å². The van der Waals surface area contributed by atoms with Crippen LogP contribution in [-0.2, 0) is 13.0 Å². The molecule has 1 heterocycles. The molecule has 0 aliphatic heterocycles. The number of carboxylic acid groups (broad SMARTS) is 1. The first-order chi connectivity index (χ1) is 9.61. The largest absolute Gasteiger partial charge is 0.478 e. The van der Waals surface area contributed by atoms with Crippen LogP contribution >= 0.6 is 0 Å². The van der Waals surface area contributed by atoms with Crippen LogP contribution in [0.5, 0.6) is 0 Å². The predicted octanol–water partition coefficient (Wildman–Crippen LogP) is 3.39. The van der Waals surface area contributed by atoms with Crippen molar-refractivity contribution in [3.05, 3.63) is 59.0 Å². The number of rotatable bonds is 6. The van der Waals surface area contributed by atoms with Crippen molar-refractivity contribution in [3.8, 4) is 0 Å². The number of nitrogens with one attached hydrogen (secondary N) is 1. The van der Waals surface area contributed by atoms with Crippen molar-refractivity contribution in [2.75, 3.05) is 0 Å². The number of furan rings is 1. The summed E-state index contributed by atoms with van der Waals surface area (Å²) in [5.74, 6) is -0.509. The topological polar surface area (TPSA) is 62.5 Å². The summed E-state index contributed by atoms with van der Waals surface area (Å²) < 4.78 is 5.21. The number of hydrogen-bond donors (Lipinski definition) is 2. The molecule has 0 amide bonds.